The standard InChI is InChI=1S/C22H27ClN2O3S/c1-2-16-24-21(26)22(14-4-3-5-15-22)17-6-10-19(11-7-17)25-29(27,28)20-12-8-18(23)9-13-20/h6-13,25H,2-5,14-16H2,1H3,(H,24,26). The van der Waals surface area contributed by atoms with Crippen molar-refractivity contribution in [3.8, 4) is 0 Å². The molecule has 2 N–H and O–H groups in total. The molecule has 0 saturated heterocycles. The summed E-state index contributed by atoms with van der Waals surface area (Å²) < 4.78 is 27.7. The lowest BCUT2D eigenvalue weighted by atomic mass is 9.68. The van der Waals surface area contributed by atoms with Crippen molar-refractivity contribution >= 4 is 33.2 Å². The zero-order valence-electron chi connectivity index (χ0n) is 16.6. The molecule has 156 valence electrons. The highest BCUT2D eigenvalue weighted by Gasteiger charge is 2.40. The van der Waals surface area contributed by atoms with Crippen molar-refractivity contribution < 1.29 is 13.2 Å². The van der Waals surface area contributed by atoms with Gasteiger partial charge in [0.15, 0.2) is 0 Å². The number of rotatable bonds is 7. The molecule has 1 fully saturated rings. The Kier molecular flexibility index (Phi) is 6.85. The van der Waals surface area contributed by atoms with E-state index in [1.165, 1.54) is 12.1 Å². The summed E-state index contributed by atoms with van der Waals surface area (Å²) in [5.41, 5.74) is 0.880. The quantitative estimate of drug-likeness (QED) is 0.652. The number of carbonyl (C=O) groups excluding carboxylic acids is 1. The van der Waals surface area contributed by atoms with E-state index in [2.05, 4.69) is 10.0 Å². The van der Waals surface area contributed by atoms with Crippen LogP contribution in [0, 0.1) is 0 Å². The first kappa shape index (κ1) is 21.7. The van der Waals surface area contributed by atoms with Crippen LogP contribution in [0.15, 0.2) is 53.4 Å². The molecule has 0 bridgehead atoms. The van der Waals surface area contributed by atoms with E-state index in [0.29, 0.717) is 17.3 Å². The van der Waals surface area contributed by atoms with E-state index in [0.717, 1.165) is 44.1 Å². The second-order valence-corrected chi connectivity index (χ2v) is 9.65. The number of hydrogen-bond donors (Lipinski definition) is 2. The van der Waals surface area contributed by atoms with E-state index < -0.39 is 15.4 Å². The summed E-state index contributed by atoms with van der Waals surface area (Å²) in [6, 6.07) is 13.2. The maximum Gasteiger partial charge on any atom is 0.261 e. The van der Waals surface area contributed by atoms with Gasteiger partial charge >= 0.3 is 0 Å². The van der Waals surface area contributed by atoms with Crippen LogP contribution in [-0.2, 0) is 20.2 Å². The second-order valence-electron chi connectivity index (χ2n) is 7.54. The van der Waals surface area contributed by atoms with Gasteiger partial charge in [-0.25, -0.2) is 8.42 Å². The summed E-state index contributed by atoms with van der Waals surface area (Å²) in [4.78, 5) is 13.1. The molecule has 0 aliphatic heterocycles. The van der Waals surface area contributed by atoms with Crippen molar-refractivity contribution in [2.75, 3.05) is 11.3 Å². The van der Waals surface area contributed by atoms with Crippen LogP contribution >= 0.6 is 11.6 Å². The van der Waals surface area contributed by atoms with Crippen LogP contribution in [0.1, 0.15) is 51.0 Å². The lowest BCUT2D eigenvalue weighted by molar-refractivity contribution is -0.128. The van der Waals surface area contributed by atoms with Gasteiger partial charge in [-0.2, -0.15) is 0 Å². The monoisotopic (exact) mass is 434 g/mol. The van der Waals surface area contributed by atoms with Crippen LogP contribution in [0.25, 0.3) is 0 Å². The number of nitrogens with one attached hydrogen (secondary N) is 2. The lowest BCUT2D eigenvalue weighted by Crippen LogP contribution is -2.46. The van der Waals surface area contributed by atoms with Gasteiger partial charge in [0.2, 0.25) is 5.91 Å². The average Bonchev–Trinajstić information content (AvgIpc) is 2.73. The molecule has 5 nitrogen and oxygen atoms in total. The van der Waals surface area contributed by atoms with Gasteiger partial charge in [0.25, 0.3) is 10.0 Å². The van der Waals surface area contributed by atoms with Crippen molar-refractivity contribution in [1.29, 1.82) is 0 Å². The number of amides is 1. The second kappa shape index (κ2) is 9.18. The molecule has 29 heavy (non-hydrogen) atoms. The molecule has 0 unspecified atom stereocenters. The highest BCUT2D eigenvalue weighted by Crippen LogP contribution is 2.40. The maximum atomic E-state index is 13.0. The van der Waals surface area contributed by atoms with Crippen molar-refractivity contribution in [3.63, 3.8) is 0 Å². The zero-order valence-corrected chi connectivity index (χ0v) is 18.2. The largest absolute Gasteiger partial charge is 0.355 e. The molecular weight excluding hydrogens is 408 g/mol. The minimum atomic E-state index is -3.70. The van der Waals surface area contributed by atoms with Gasteiger partial charge in [-0.15, -0.1) is 0 Å². The minimum absolute atomic E-state index is 0.0774. The van der Waals surface area contributed by atoms with Crippen LogP contribution < -0.4 is 10.0 Å². The molecule has 1 aliphatic carbocycles. The molecule has 2 aromatic rings. The van der Waals surface area contributed by atoms with Crippen LogP contribution in [-0.4, -0.2) is 20.9 Å². The van der Waals surface area contributed by atoms with E-state index in [1.807, 2.05) is 19.1 Å². The highest BCUT2D eigenvalue weighted by molar-refractivity contribution is 7.92. The first-order valence-electron chi connectivity index (χ1n) is 10.0. The number of hydrogen-bond acceptors (Lipinski definition) is 3. The molecule has 7 heteroatoms. The molecule has 0 heterocycles. The van der Waals surface area contributed by atoms with E-state index >= 15 is 0 Å². The first-order chi connectivity index (χ1) is 13.9. The number of carbonyl (C=O) groups is 1. The number of benzene rings is 2. The third kappa shape index (κ3) is 4.93. The van der Waals surface area contributed by atoms with Gasteiger partial charge in [0.1, 0.15) is 0 Å². The van der Waals surface area contributed by atoms with Gasteiger partial charge in [0, 0.05) is 17.3 Å². The number of halogens is 1. The van der Waals surface area contributed by atoms with Gasteiger partial charge in [-0.1, -0.05) is 49.9 Å². The molecule has 2 aromatic carbocycles. The van der Waals surface area contributed by atoms with Crippen molar-refractivity contribution in [1.82, 2.24) is 5.32 Å². The predicted molar refractivity (Wildman–Crippen MR) is 117 cm³/mol. The van der Waals surface area contributed by atoms with Crippen LogP contribution in [0.4, 0.5) is 5.69 Å². The first-order valence-corrected chi connectivity index (χ1v) is 11.9. The molecule has 0 spiro atoms. The molecule has 0 aromatic heterocycles. The summed E-state index contributed by atoms with van der Waals surface area (Å²) in [5.74, 6) is 0.0774. The Hall–Kier alpha value is -2.05. The lowest BCUT2D eigenvalue weighted by Gasteiger charge is -2.36. The molecule has 1 saturated carbocycles. The van der Waals surface area contributed by atoms with E-state index in [4.69, 9.17) is 11.6 Å². The summed E-state index contributed by atoms with van der Waals surface area (Å²) in [6.45, 7) is 2.70. The Balaban J connectivity index is 1.82. The van der Waals surface area contributed by atoms with Gasteiger partial charge < -0.3 is 5.32 Å². The highest BCUT2D eigenvalue weighted by atomic mass is 35.5. The Morgan fingerprint density at radius 1 is 1.00 bits per heavy atom. The fraction of sp³-hybridized carbons (Fsp3) is 0.409. The van der Waals surface area contributed by atoms with Crippen LogP contribution in [0.3, 0.4) is 0 Å². The van der Waals surface area contributed by atoms with Gasteiger partial charge in [-0.3, -0.25) is 9.52 Å². The molecule has 0 radical (unpaired) electrons. The summed E-state index contributed by atoms with van der Waals surface area (Å²) in [7, 11) is -3.70. The SMILES string of the molecule is CCCNC(=O)C1(c2ccc(NS(=O)(=O)c3ccc(Cl)cc3)cc2)CCCCC1. The normalized spacial score (nSPS) is 16.2. The predicted octanol–water partition coefficient (Wildman–Crippen LogP) is 4.87. The topological polar surface area (TPSA) is 75.3 Å². The van der Waals surface area contributed by atoms with Crippen LogP contribution in [0.5, 0.6) is 0 Å². The smallest absolute Gasteiger partial charge is 0.261 e. The molecule has 1 aliphatic rings. The van der Waals surface area contributed by atoms with Crippen molar-refractivity contribution in [3.05, 3.63) is 59.1 Å². The van der Waals surface area contributed by atoms with Crippen molar-refractivity contribution in [2.24, 2.45) is 0 Å². The molecule has 1 amide bonds. The summed E-state index contributed by atoms with van der Waals surface area (Å²) >= 11 is 5.84. The maximum absolute atomic E-state index is 13.0. The van der Waals surface area contributed by atoms with Crippen molar-refractivity contribution in [2.45, 2.75) is 55.8 Å². The minimum Gasteiger partial charge on any atom is -0.355 e. The third-order valence-electron chi connectivity index (χ3n) is 5.49. The Morgan fingerprint density at radius 2 is 1.62 bits per heavy atom. The Labute approximate surface area is 177 Å². The number of sulfonamides is 1. The Morgan fingerprint density at radius 3 is 2.21 bits per heavy atom. The van der Waals surface area contributed by atoms with E-state index in [-0.39, 0.29) is 10.8 Å². The number of anilines is 1. The fourth-order valence-corrected chi connectivity index (χ4v) is 5.08. The third-order valence-corrected chi connectivity index (χ3v) is 7.14. The summed E-state index contributed by atoms with van der Waals surface area (Å²) in [6.07, 6.45) is 5.71. The fourth-order valence-electron chi connectivity index (χ4n) is 3.90. The zero-order chi connectivity index (χ0) is 20.9. The molecule has 3 rings (SSSR count). The molecular formula is C22H27ClN2O3S. The van der Waals surface area contributed by atoms with Gasteiger partial charge in [0.05, 0.1) is 10.3 Å². The van der Waals surface area contributed by atoms with E-state index in [1.54, 1.807) is 24.3 Å². The van der Waals surface area contributed by atoms with Gasteiger partial charge in [-0.05, 0) is 61.2 Å². The Bertz CT molecular complexity index is 935. The van der Waals surface area contributed by atoms with Crippen LogP contribution in [0.2, 0.25) is 5.02 Å². The average molecular weight is 435 g/mol. The molecule has 0 atom stereocenters. The van der Waals surface area contributed by atoms with E-state index in [9.17, 15) is 13.2 Å². The summed E-state index contributed by atoms with van der Waals surface area (Å²) in [5, 5.41) is 3.54.